The smallest absolute Gasteiger partial charge is 0.272 e. The highest BCUT2D eigenvalue weighted by molar-refractivity contribution is 8.04. The molecule has 0 bridgehead atoms. The van der Waals surface area contributed by atoms with Crippen LogP contribution in [0.1, 0.15) is 16.7 Å². The van der Waals surface area contributed by atoms with Gasteiger partial charge in [0.15, 0.2) is 0 Å². The Bertz CT molecular complexity index is 986. The fraction of sp³-hybridized carbons (Fsp3) is 0.238. The molecule has 2 aromatic carbocycles. The van der Waals surface area contributed by atoms with Crippen LogP contribution in [-0.4, -0.2) is 36.4 Å². The van der Waals surface area contributed by atoms with Crippen molar-refractivity contribution in [3.63, 3.8) is 0 Å². The molecule has 1 N–H and O–H groups in total. The standard InChI is InChI=1S/C21H20ClNO4S/c1-12-4-5-14(10-13(12)2)18-19(28-9-8-24)21(26)23(20(18)25)16-11-15(22)6-7-17(16)27-3/h4-7,10-11,24H,8-9H2,1-3H3. The first-order chi connectivity index (χ1) is 13.4. The maximum absolute atomic E-state index is 13.3. The second-order valence-corrected chi connectivity index (χ2v) is 7.88. The van der Waals surface area contributed by atoms with Crippen molar-refractivity contribution in [1.29, 1.82) is 0 Å². The lowest BCUT2D eigenvalue weighted by Crippen LogP contribution is -2.31. The number of carbonyl (C=O) groups excluding carboxylic acids is 2. The lowest BCUT2D eigenvalue weighted by molar-refractivity contribution is -0.119. The van der Waals surface area contributed by atoms with Crippen molar-refractivity contribution in [3.8, 4) is 5.75 Å². The summed E-state index contributed by atoms with van der Waals surface area (Å²) >= 11 is 7.27. The molecule has 0 aromatic heterocycles. The Morgan fingerprint density at radius 3 is 2.46 bits per heavy atom. The van der Waals surface area contributed by atoms with Crippen LogP contribution in [0.3, 0.4) is 0 Å². The van der Waals surface area contributed by atoms with Crippen molar-refractivity contribution in [3.05, 3.63) is 63.0 Å². The van der Waals surface area contributed by atoms with E-state index in [1.807, 2.05) is 32.0 Å². The number of halogens is 1. The lowest BCUT2D eigenvalue weighted by atomic mass is 10.0. The van der Waals surface area contributed by atoms with Gasteiger partial charge in [-0.15, -0.1) is 11.8 Å². The number of imide groups is 1. The first-order valence-corrected chi connectivity index (χ1v) is 10.0. The van der Waals surface area contributed by atoms with E-state index >= 15 is 0 Å². The van der Waals surface area contributed by atoms with Gasteiger partial charge in [0.1, 0.15) is 5.75 Å². The van der Waals surface area contributed by atoms with E-state index in [4.69, 9.17) is 16.3 Å². The number of nitrogens with zero attached hydrogens (tertiary/aromatic N) is 1. The van der Waals surface area contributed by atoms with Crippen LogP contribution < -0.4 is 9.64 Å². The van der Waals surface area contributed by atoms with Crippen molar-refractivity contribution >= 4 is 46.4 Å². The van der Waals surface area contributed by atoms with Crippen molar-refractivity contribution in [1.82, 2.24) is 0 Å². The summed E-state index contributed by atoms with van der Waals surface area (Å²) in [4.78, 5) is 27.9. The molecule has 0 unspecified atom stereocenters. The van der Waals surface area contributed by atoms with Gasteiger partial charge in [0.2, 0.25) is 0 Å². The number of methoxy groups -OCH3 is 1. The Labute approximate surface area is 172 Å². The van der Waals surface area contributed by atoms with Gasteiger partial charge in [0.05, 0.1) is 29.9 Å². The highest BCUT2D eigenvalue weighted by Gasteiger charge is 2.41. The molecule has 5 nitrogen and oxygen atoms in total. The van der Waals surface area contributed by atoms with Crippen molar-refractivity contribution < 1.29 is 19.4 Å². The second kappa shape index (κ2) is 8.39. The molecule has 0 saturated heterocycles. The number of aryl methyl sites for hydroxylation is 2. The van der Waals surface area contributed by atoms with E-state index < -0.39 is 11.8 Å². The Morgan fingerprint density at radius 1 is 1.07 bits per heavy atom. The number of hydrogen-bond donors (Lipinski definition) is 1. The van der Waals surface area contributed by atoms with Crippen LogP contribution in [0.25, 0.3) is 5.57 Å². The lowest BCUT2D eigenvalue weighted by Gasteiger charge is -2.18. The van der Waals surface area contributed by atoms with E-state index in [1.54, 1.807) is 12.1 Å². The number of thioether (sulfide) groups is 1. The monoisotopic (exact) mass is 417 g/mol. The van der Waals surface area contributed by atoms with Gasteiger partial charge in [-0.1, -0.05) is 29.8 Å². The van der Waals surface area contributed by atoms with Gasteiger partial charge in [-0.3, -0.25) is 9.59 Å². The Kier molecular flexibility index (Phi) is 6.13. The van der Waals surface area contributed by atoms with Gasteiger partial charge in [-0.25, -0.2) is 4.90 Å². The van der Waals surface area contributed by atoms with Crippen LogP contribution in [0.4, 0.5) is 5.69 Å². The molecule has 0 spiro atoms. The first-order valence-electron chi connectivity index (χ1n) is 8.67. The molecule has 28 heavy (non-hydrogen) atoms. The van der Waals surface area contributed by atoms with E-state index in [9.17, 15) is 14.7 Å². The summed E-state index contributed by atoms with van der Waals surface area (Å²) in [5.74, 6) is -0.200. The van der Waals surface area contributed by atoms with E-state index in [-0.39, 0.29) is 6.61 Å². The predicted octanol–water partition coefficient (Wildman–Crippen LogP) is 3.98. The summed E-state index contributed by atoms with van der Waals surface area (Å²) in [5, 5.41) is 9.62. The molecule has 2 amide bonds. The fourth-order valence-corrected chi connectivity index (χ4v) is 4.03. The van der Waals surface area contributed by atoms with E-state index in [0.29, 0.717) is 38.3 Å². The number of ether oxygens (including phenoxy) is 1. The molecule has 0 atom stereocenters. The zero-order chi connectivity index (χ0) is 20.4. The third kappa shape index (κ3) is 3.68. The number of anilines is 1. The number of aliphatic hydroxyl groups is 1. The molecule has 0 aliphatic carbocycles. The molecule has 1 aliphatic rings. The summed E-state index contributed by atoms with van der Waals surface area (Å²) in [7, 11) is 1.47. The molecule has 146 valence electrons. The minimum Gasteiger partial charge on any atom is -0.495 e. The molecule has 1 aliphatic heterocycles. The summed E-state index contributed by atoms with van der Waals surface area (Å²) < 4.78 is 5.33. The summed E-state index contributed by atoms with van der Waals surface area (Å²) in [6.07, 6.45) is 0. The average molecular weight is 418 g/mol. The first kappa shape index (κ1) is 20.5. The summed E-state index contributed by atoms with van der Waals surface area (Å²) in [6.45, 7) is 3.84. The molecular formula is C21H20ClNO4S. The van der Waals surface area contributed by atoms with Gasteiger partial charge < -0.3 is 9.84 Å². The molecule has 0 radical (unpaired) electrons. The third-order valence-corrected chi connectivity index (χ3v) is 5.85. The Morgan fingerprint density at radius 2 is 1.82 bits per heavy atom. The van der Waals surface area contributed by atoms with Gasteiger partial charge in [-0.05, 0) is 48.7 Å². The average Bonchev–Trinajstić information content (AvgIpc) is 2.92. The maximum atomic E-state index is 13.3. The van der Waals surface area contributed by atoms with Crippen LogP contribution in [0, 0.1) is 13.8 Å². The summed E-state index contributed by atoms with van der Waals surface area (Å²) in [6, 6.07) is 10.4. The maximum Gasteiger partial charge on any atom is 0.272 e. The van der Waals surface area contributed by atoms with Crippen LogP contribution in [0.15, 0.2) is 41.3 Å². The van der Waals surface area contributed by atoms with Gasteiger partial charge in [-0.2, -0.15) is 0 Å². The third-order valence-electron chi connectivity index (χ3n) is 4.56. The van der Waals surface area contributed by atoms with Crippen molar-refractivity contribution in [2.75, 3.05) is 24.4 Å². The highest BCUT2D eigenvalue weighted by Crippen LogP contribution is 2.42. The molecule has 0 saturated carbocycles. The van der Waals surface area contributed by atoms with Gasteiger partial charge in [0.25, 0.3) is 11.8 Å². The predicted molar refractivity (Wildman–Crippen MR) is 113 cm³/mol. The Balaban J connectivity index is 2.15. The van der Waals surface area contributed by atoms with Gasteiger partial charge in [0, 0.05) is 10.8 Å². The number of amides is 2. The number of benzene rings is 2. The van der Waals surface area contributed by atoms with E-state index in [1.165, 1.54) is 24.9 Å². The number of carbonyl (C=O) groups is 2. The molecule has 0 fully saturated rings. The largest absolute Gasteiger partial charge is 0.495 e. The minimum atomic E-state index is -0.447. The normalized spacial score (nSPS) is 14.2. The number of aliphatic hydroxyl groups excluding tert-OH is 1. The number of rotatable bonds is 6. The molecule has 1 heterocycles. The summed E-state index contributed by atoms with van der Waals surface area (Å²) in [5.41, 5.74) is 3.42. The van der Waals surface area contributed by atoms with Crippen molar-refractivity contribution in [2.24, 2.45) is 0 Å². The zero-order valence-electron chi connectivity index (χ0n) is 15.8. The molecular weight excluding hydrogens is 398 g/mol. The fourth-order valence-electron chi connectivity index (χ4n) is 3.00. The SMILES string of the molecule is COc1ccc(Cl)cc1N1C(=O)C(SCCO)=C(c2ccc(C)c(C)c2)C1=O. The quantitative estimate of drug-likeness (QED) is 0.720. The minimum absolute atomic E-state index is 0.101. The Hall–Kier alpha value is -2.28. The highest BCUT2D eigenvalue weighted by atomic mass is 35.5. The van der Waals surface area contributed by atoms with Gasteiger partial charge >= 0.3 is 0 Å². The molecule has 7 heteroatoms. The zero-order valence-corrected chi connectivity index (χ0v) is 17.4. The van der Waals surface area contributed by atoms with Crippen LogP contribution in [0.5, 0.6) is 5.75 Å². The second-order valence-electron chi connectivity index (χ2n) is 6.34. The van der Waals surface area contributed by atoms with E-state index in [2.05, 4.69) is 0 Å². The topological polar surface area (TPSA) is 66.8 Å². The van der Waals surface area contributed by atoms with Crippen LogP contribution in [0.2, 0.25) is 5.02 Å². The van der Waals surface area contributed by atoms with Crippen LogP contribution in [-0.2, 0) is 9.59 Å². The van der Waals surface area contributed by atoms with E-state index in [0.717, 1.165) is 16.0 Å². The molecule has 2 aromatic rings. The number of hydrogen-bond acceptors (Lipinski definition) is 5. The molecule has 3 rings (SSSR count). The van der Waals surface area contributed by atoms with Crippen LogP contribution >= 0.6 is 23.4 Å². The van der Waals surface area contributed by atoms with Crippen molar-refractivity contribution in [2.45, 2.75) is 13.8 Å².